The van der Waals surface area contributed by atoms with Gasteiger partial charge in [0.15, 0.2) is 11.5 Å². The van der Waals surface area contributed by atoms with Gasteiger partial charge < -0.3 is 10.8 Å². The van der Waals surface area contributed by atoms with E-state index < -0.39 is 17.5 Å². The number of aromatic nitrogens is 1. The van der Waals surface area contributed by atoms with Crippen molar-refractivity contribution in [1.29, 1.82) is 0 Å². The van der Waals surface area contributed by atoms with Crippen molar-refractivity contribution in [1.82, 2.24) is 4.98 Å². The third kappa shape index (κ3) is 2.05. The van der Waals surface area contributed by atoms with Crippen molar-refractivity contribution < 1.29 is 14.3 Å². The molecule has 0 aliphatic rings. The van der Waals surface area contributed by atoms with Crippen LogP contribution in [0.1, 0.15) is 35.4 Å². The molecule has 1 aromatic rings. The van der Waals surface area contributed by atoms with Crippen LogP contribution in [-0.2, 0) is 0 Å². The molecule has 4 nitrogen and oxygen atoms in total. The highest BCUT2D eigenvalue weighted by atomic mass is 19.1. The van der Waals surface area contributed by atoms with Crippen LogP contribution >= 0.6 is 0 Å². The van der Waals surface area contributed by atoms with Gasteiger partial charge in [0.05, 0.1) is 0 Å². The van der Waals surface area contributed by atoms with E-state index >= 15 is 0 Å². The fourth-order valence-electron chi connectivity index (χ4n) is 1.05. The molecule has 1 rings (SSSR count). The van der Waals surface area contributed by atoms with Crippen LogP contribution in [0.4, 0.5) is 4.39 Å². The van der Waals surface area contributed by atoms with Crippen molar-refractivity contribution >= 4 is 5.97 Å². The molecule has 1 aromatic heterocycles. The topological polar surface area (TPSA) is 76.2 Å². The first-order chi connectivity index (χ1) is 6.56. The van der Waals surface area contributed by atoms with Gasteiger partial charge in [-0.1, -0.05) is 6.92 Å². The van der Waals surface area contributed by atoms with Gasteiger partial charge in [0.2, 0.25) is 0 Å². The third-order valence-corrected chi connectivity index (χ3v) is 1.93. The molecule has 1 heterocycles. The SMILES string of the molecule is CC[C@@H](N)c1cnc(C(=O)O)c(F)c1. The first kappa shape index (κ1) is 10.6. The summed E-state index contributed by atoms with van der Waals surface area (Å²) < 4.78 is 13.1. The Labute approximate surface area is 80.6 Å². The second kappa shape index (κ2) is 4.15. The average Bonchev–Trinajstić information content (AvgIpc) is 2.15. The maximum absolute atomic E-state index is 13.1. The molecule has 0 saturated carbocycles. The number of rotatable bonds is 3. The van der Waals surface area contributed by atoms with E-state index in [4.69, 9.17) is 10.8 Å². The van der Waals surface area contributed by atoms with E-state index in [1.807, 2.05) is 6.92 Å². The number of pyridine rings is 1. The lowest BCUT2D eigenvalue weighted by molar-refractivity contribution is 0.0685. The van der Waals surface area contributed by atoms with Crippen LogP contribution in [-0.4, -0.2) is 16.1 Å². The smallest absolute Gasteiger partial charge is 0.357 e. The number of carbonyl (C=O) groups is 1. The third-order valence-electron chi connectivity index (χ3n) is 1.93. The van der Waals surface area contributed by atoms with Gasteiger partial charge >= 0.3 is 5.97 Å². The lowest BCUT2D eigenvalue weighted by Crippen LogP contribution is -2.12. The van der Waals surface area contributed by atoms with Crippen LogP contribution in [0.25, 0.3) is 0 Å². The predicted molar refractivity (Wildman–Crippen MR) is 48.4 cm³/mol. The van der Waals surface area contributed by atoms with Crippen LogP contribution < -0.4 is 5.73 Å². The van der Waals surface area contributed by atoms with Gasteiger partial charge in [0.1, 0.15) is 0 Å². The van der Waals surface area contributed by atoms with E-state index in [0.29, 0.717) is 12.0 Å². The first-order valence-electron chi connectivity index (χ1n) is 4.20. The van der Waals surface area contributed by atoms with Crippen molar-refractivity contribution in [2.45, 2.75) is 19.4 Å². The molecule has 76 valence electrons. The van der Waals surface area contributed by atoms with E-state index in [9.17, 15) is 9.18 Å². The summed E-state index contributed by atoms with van der Waals surface area (Å²) >= 11 is 0. The van der Waals surface area contributed by atoms with Crippen molar-refractivity contribution in [3.05, 3.63) is 29.3 Å². The molecule has 0 radical (unpaired) electrons. The van der Waals surface area contributed by atoms with E-state index in [-0.39, 0.29) is 6.04 Å². The molecule has 3 N–H and O–H groups in total. The Morgan fingerprint density at radius 2 is 2.43 bits per heavy atom. The molecule has 0 aliphatic heterocycles. The minimum atomic E-state index is -1.38. The molecule has 1 atom stereocenters. The summed E-state index contributed by atoms with van der Waals surface area (Å²) in [4.78, 5) is 13.9. The van der Waals surface area contributed by atoms with Crippen LogP contribution in [0, 0.1) is 5.82 Å². The molecular formula is C9H11FN2O2. The summed E-state index contributed by atoms with van der Waals surface area (Å²) in [6.07, 6.45) is 1.94. The maximum atomic E-state index is 13.1. The number of carboxylic acid groups (broad SMARTS) is 1. The van der Waals surface area contributed by atoms with E-state index in [1.54, 1.807) is 0 Å². The molecule has 0 unspecified atom stereocenters. The zero-order valence-electron chi connectivity index (χ0n) is 7.70. The maximum Gasteiger partial charge on any atom is 0.357 e. The summed E-state index contributed by atoms with van der Waals surface area (Å²) in [5.41, 5.74) is 5.57. The Hall–Kier alpha value is -1.49. The molecule has 0 spiro atoms. The van der Waals surface area contributed by atoms with Gasteiger partial charge in [-0.2, -0.15) is 0 Å². The molecule has 14 heavy (non-hydrogen) atoms. The van der Waals surface area contributed by atoms with Gasteiger partial charge in [-0.25, -0.2) is 14.2 Å². The van der Waals surface area contributed by atoms with Crippen LogP contribution in [0.15, 0.2) is 12.3 Å². The number of aromatic carboxylic acids is 1. The minimum Gasteiger partial charge on any atom is -0.476 e. The summed E-state index contributed by atoms with van der Waals surface area (Å²) in [5, 5.41) is 8.52. The monoisotopic (exact) mass is 198 g/mol. The van der Waals surface area contributed by atoms with Crippen LogP contribution in [0.2, 0.25) is 0 Å². The molecule has 0 fully saturated rings. The fraction of sp³-hybridized carbons (Fsp3) is 0.333. The normalized spacial score (nSPS) is 12.5. The predicted octanol–water partition coefficient (Wildman–Crippen LogP) is 1.33. The minimum absolute atomic E-state index is 0.306. The number of carboxylic acids is 1. The van der Waals surface area contributed by atoms with Crippen molar-refractivity contribution in [3.8, 4) is 0 Å². The molecule has 0 aromatic carbocycles. The number of hydrogen-bond donors (Lipinski definition) is 2. The Kier molecular flexibility index (Phi) is 3.14. The second-order valence-corrected chi connectivity index (χ2v) is 2.92. The van der Waals surface area contributed by atoms with Crippen molar-refractivity contribution in [2.75, 3.05) is 0 Å². The van der Waals surface area contributed by atoms with E-state index in [0.717, 1.165) is 6.07 Å². The second-order valence-electron chi connectivity index (χ2n) is 2.92. The average molecular weight is 198 g/mol. The standard InChI is InChI=1S/C9H11FN2O2/c1-2-7(11)5-3-6(10)8(9(13)14)12-4-5/h3-4,7H,2,11H2,1H3,(H,13,14)/t7-/m1/s1. The molecule has 0 saturated heterocycles. The zero-order chi connectivity index (χ0) is 10.7. The summed E-state index contributed by atoms with van der Waals surface area (Å²) in [5.74, 6) is -2.22. The lowest BCUT2D eigenvalue weighted by atomic mass is 10.1. The van der Waals surface area contributed by atoms with Crippen molar-refractivity contribution in [2.24, 2.45) is 5.73 Å². The zero-order valence-corrected chi connectivity index (χ0v) is 7.70. The van der Waals surface area contributed by atoms with Crippen molar-refractivity contribution in [3.63, 3.8) is 0 Å². The molecule has 0 amide bonds. The highest BCUT2D eigenvalue weighted by Gasteiger charge is 2.14. The molecule has 5 heteroatoms. The van der Waals surface area contributed by atoms with Gasteiger partial charge in [-0.15, -0.1) is 0 Å². The molecular weight excluding hydrogens is 187 g/mol. The van der Waals surface area contributed by atoms with Crippen LogP contribution in [0.5, 0.6) is 0 Å². The summed E-state index contributed by atoms with van der Waals surface area (Å²) in [6.45, 7) is 1.85. The largest absolute Gasteiger partial charge is 0.476 e. The Balaban J connectivity index is 3.06. The Bertz CT molecular complexity index is 355. The quantitative estimate of drug-likeness (QED) is 0.768. The molecule has 0 bridgehead atoms. The van der Waals surface area contributed by atoms with Gasteiger partial charge in [0, 0.05) is 12.2 Å². The fourth-order valence-corrected chi connectivity index (χ4v) is 1.05. The summed E-state index contributed by atoms with van der Waals surface area (Å²) in [6, 6.07) is 0.810. The van der Waals surface area contributed by atoms with E-state index in [1.165, 1.54) is 6.20 Å². The number of nitrogens with two attached hydrogens (primary N) is 1. The Morgan fingerprint density at radius 1 is 1.79 bits per heavy atom. The molecule has 0 aliphatic carbocycles. The van der Waals surface area contributed by atoms with E-state index in [2.05, 4.69) is 4.98 Å². The van der Waals surface area contributed by atoms with Gasteiger partial charge in [-0.3, -0.25) is 0 Å². The highest BCUT2D eigenvalue weighted by Crippen LogP contribution is 2.15. The number of halogens is 1. The Morgan fingerprint density at radius 3 is 2.86 bits per heavy atom. The number of hydrogen-bond acceptors (Lipinski definition) is 3. The lowest BCUT2D eigenvalue weighted by Gasteiger charge is -2.08. The van der Waals surface area contributed by atoms with Gasteiger partial charge in [-0.05, 0) is 18.1 Å². The number of nitrogens with zero attached hydrogens (tertiary/aromatic N) is 1. The highest BCUT2D eigenvalue weighted by molar-refractivity contribution is 5.85. The first-order valence-corrected chi connectivity index (χ1v) is 4.20. The van der Waals surface area contributed by atoms with Gasteiger partial charge in [0.25, 0.3) is 0 Å². The van der Waals surface area contributed by atoms with Crippen LogP contribution in [0.3, 0.4) is 0 Å². The summed E-state index contributed by atoms with van der Waals surface area (Å²) in [7, 11) is 0.